The van der Waals surface area contributed by atoms with Gasteiger partial charge in [0, 0.05) is 12.2 Å². The summed E-state index contributed by atoms with van der Waals surface area (Å²) in [6, 6.07) is 9.04. The number of aromatic nitrogens is 2. The molecule has 0 fully saturated rings. The van der Waals surface area contributed by atoms with E-state index in [1.807, 2.05) is 6.33 Å². The molecule has 2 aromatic rings. The number of rotatable bonds is 2. The van der Waals surface area contributed by atoms with E-state index in [4.69, 9.17) is 0 Å². The van der Waals surface area contributed by atoms with Crippen molar-refractivity contribution in [3.8, 4) is 0 Å². The molecule has 20 heavy (non-hydrogen) atoms. The van der Waals surface area contributed by atoms with Crippen LogP contribution in [0, 0.1) is 0 Å². The minimum Gasteiger partial charge on any atom is -0.330 e. The fourth-order valence-electron chi connectivity index (χ4n) is 2.97. The number of nitrogens with zero attached hydrogens (tertiary/aromatic N) is 2. The predicted molar refractivity (Wildman–Crippen MR) is 83.1 cm³/mol. The summed E-state index contributed by atoms with van der Waals surface area (Å²) in [5.74, 6) is 0. The first-order valence-corrected chi connectivity index (χ1v) is 7.66. The highest BCUT2D eigenvalue weighted by Gasteiger charge is 2.16. The van der Waals surface area contributed by atoms with Gasteiger partial charge in [-0.1, -0.05) is 45.0 Å². The van der Waals surface area contributed by atoms with E-state index in [1.54, 1.807) is 0 Å². The summed E-state index contributed by atoms with van der Waals surface area (Å²) < 4.78 is 2.33. The zero-order valence-electron chi connectivity index (χ0n) is 12.8. The standard InChI is InChI=1S/C18H24N2/c1-18(2,3)15-10-8-14(9-11-15)12-20-13-19-16-6-4-5-7-17(16)20/h8-11,13H,4-7,12H2,1-3H3. The van der Waals surface area contributed by atoms with Crippen LogP contribution >= 0.6 is 0 Å². The van der Waals surface area contributed by atoms with Crippen LogP contribution in [0.5, 0.6) is 0 Å². The van der Waals surface area contributed by atoms with Crippen LogP contribution in [0.25, 0.3) is 0 Å². The number of imidazole rings is 1. The van der Waals surface area contributed by atoms with Crippen LogP contribution in [-0.4, -0.2) is 9.55 Å². The lowest BCUT2D eigenvalue weighted by Gasteiger charge is -2.19. The fourth-order valence-corrected chi connectivity index (χ4v) is 2.97. The molecule has 1 aromatic heterocycles. The largest absolute Gasteiger partial charge is 0.330 e. The van der Waals surface area contributed by atoms with E-state index in [0.29, 0.717) is 0 Å². The maximum Gasteiger partial charge on any atom is 0.0954 e. The summed E-state index contributed by atoms with van der Waals surface area (Å²) in [6.45, 7) is 7.73. The zero-order chi connectivity index (χ0) is 14.2. The van der Waals surface area contributed by atoms with E-state index in [-0.39, 0.29) is 5.41 Å². The Morgan fingerprint density at radius 1 is 1.05 bits per heavy atom. The summed E-state index contributed by atoms with van der Waals surface area (Å²) in [5.41, 5.74) is 5.77. The summed E-state index contributed by atoms with van der Waals surface area (Å²) in [4.78, 5) is 4.57. The molecule has 1 aromatic carbocycles. The Bertz CT molecular complexity index is 585. The molecule has 2 nitrogen and oxygen atoms in total. The molecular weight excluding hydrogens is 244 g/mol. The van der Waals surface area contributed by atoms with Crippen molar-refractivity contribution in [1.29, 1.82) is 0 Å². The van der Waals surface area contributed by atoms with Gasteiger partial charge in [-0.25, -0.2) is 4.98 Å². The Morgan fingerprint density at radius 3 is 2.45 bits per heavy atom. The number of hydrogen-bond acceptors (Lipinski definition) is 1. The molecule has 0 aliphatic heterocycles. The average molecular weight is 268 g/mol. The van der Waals surface area contributed by atoms with Crippen LogP contribution < -0.4 is 0 Å². The molecule has 1 aliphatic rings. The molecule has 0 radical (unpaired) electrons. The van der Waals surface area contributed by atoms with E-state index in [2.05, 4.69) is 54.6 Å². The van der Waals surface area contributed by atoms with Crippen molar-refractivity contribution in [2.45, 2.75) is 58.4 Å². The van der Waals surface area contributed by atoms with Crippen LogP contribution in [0.4, 0.5) is 0 Å². The quantitative estimate of drug-likeness (QED) is 0.801. The SMILES string of the molecule is CC(C)(C)c1ccc(Cn2cnc3c2CCCC3)cc1. The molecule has 0 bridgehead atoms. The van der Waals surface area contributed by atoms with E-state index in [9.17, 15) is 0 Å². The molecule has 106 valence electrons. The number of hydrogen-bond donors (Lipinski definition) is 0. The third kappa shape index (κ3) is 2.65. The molecule has 0 N–H and O–H groups in total. The normalized spacial score (nSPS) is 15.2. The smallest absolute Gasteiger partial charge is 0.0954 e. The van der Waals surface area contributed by atoms with Crippen molar-refractivity contribution in [2.24, 2.45) is 0 Å². The van der Waals surface area contributed by atoms with Gasteiger partial charge in [-0.05, 0) is 42.2 Å². The molecule has 2 heteroatoms. The second-order valence-electron chi connectivity index (χ2n) is 6.92. The summed E-state index contributed by atoms with van der Waals surface area (Å²) in [7, 11) is 0. The summed E-state index contributed by atoms with van der Waals surface area (Å²) >= 11 is 0. The van der Waals surface area contributed by atoms with Crippen LogP contribution in [0.15, 0.2) is 30.6 Å². The van der Waals surface area contributed by atoms with E-state index in [1.165, 1.54) is 41.8 Å². The highest BCUT2D eigenvalue weighted by molar-refractivity contribution is 5.28. The minimum absolute atomic E-state index is 0.229. The van der Waals surface area contributed by atoms with Gasteiger partial charge in [-0.2, -0.15) is 0 Å². The molecule has 1 heterocycles. The van der Waals surface area contributed by atoms with Crippen LogP contribution in [-0.2, 0) is 24.8 Å². The monoisotopic (exact) mass is 268 g/mol. The van der Waals surface area contributed by atoms with Crippen molar-refractivity contribution in [2.75, 3.05) is 0 Å². The lowest BCUT2D eigenvalue weighted by Crippen LogP contribution is -2.11. The van der Waals surface area contributed by atoms with Gasteiger partial charge in [0.05, 0.1) is 12.0 Å². The van der Waals surface area contributed by atoms with Crippen molar-refractivity contribution in [1.82, 2.24) is 9.55 Å². The molecule has 0 atom stereocenters. The predicted octanol–water partition coefficient (Wildman–Crippen LogP) is 4.11. The molecule has 0 saturated carbocycles. The number of fused-ring (bicyclic) bond motifs is 1. The Morgan fingerprint density at radius 2 is 1.75 bits per heavy atom. The Labute approximate surface area is 121 Å². The van der Waals surface area contributed by atoms with Crippen LogP contribution in [0.3, 0.4) is 0 Å². The Hall–Kier alpha value is -1.57. The Kier molecular flexibility index (Phi) is 3.41. The maximum atomic E-state index is 4.57. The second-order valence-corrected chi connectivity index (χ2v) is 6.92. The minimum atomic E-state index is 0.229. The van der Waals surface area contributed by atoms with Gasteiger partial charge in [0.2, 0.25) is 0 Å². The zero-order valence-corrected chi connectivity index (χ0v) is 12.8. The van der Waals surface area contributed by atoms with Gasteiger partial charge >= 0.3 is 0 Å². The highest BCUT2D eigenvalue weighted by atomic mass is 15.1. The molecule has 3 rings (SSSR count). The molecule has 0 spiro atoms. The average Bonchev–Trinajstić information content (AvgIpc) is 2.82. The number of benzene rings is 1. The van der Waals surface area contributed by atoms with Crippen LogP contribution in [0.2, 0.25) is 0 Å². The third-order valence-corrected chi connectivity index (χ3v) is 4.28. The van der Waals surface area contributed by atoms with E-state index < -0.39 is 0 Å². The summed E-state index contributed by atoms with van der Waals surface area (Å²) in [5, 5.41) is 0. The molecule has 0 amide bonds. The lowest BCUT2D eigenvalue weighted by atomic mass is 9.87. The van der Waals surface area contributed by atoms with Gasteiger partial charge in [0.25, 0.3) is 0 Å². The van der Waals surface area contributed by atoms with Crippen molar-refractivity contribution in [3.05, 3.63) is 53.1 Å². The Balaban J connectivity index is 1.80. The van der Waals surface area contributed by atoms with Crippen molar-refractivity contribution >= 4 is 0 Å². The fraction of sp³-hybridized carbons (Fsp3) is 0.500. The first kappa shape index (κ1) is 13.4. The molecule has 0 saturated heterocycles. The van der Waals surface area contributed by atoms with Gasteiger partial charge in [-0.15, -0.1) is 0 Å². The second kappa shape index (κ2) is 5.08. The molecule has 0 unspecified atom stereocenters. The van der Waals surface area contributed by atoms with Gasteiger partial charge < -0.3 is 4.57 Å². The first-order chi connectivity index (χ1) is 9.54. The van der Waals surface area contributed by atoms with E-state index in [0.717, 1.165) is 13.0 Å². The number of aryl methyl sites for hydroxylation is 1. The van der Waals surface area contributed by atoms with Gasteiger partial charge in [-0.3, -0.25) is 0 Å². The van der Waals surface area contributed by atoms with Gasteiger partial charge in [0.1, 0.15) is 0 Å². The molecular formula is C18H24N2. The highest BCUT2D eigenvalue weighted by Crippen LogP contribution is 2.24. The third-order valence-electron chi connectivity index (χ3n) is 4.28. The van der Waals surface area contributed by atoms with Gasteiger partial charge in [0.15, 0.2) is 0 Å². The van der Waals surface area contributed by atoms with E-state index >= 15 is 0 Å². The maximum absolute atomic E-state index is 4.57. The molecule has 1 aliphatic carbocycles. The van der Waals surface area contributed by atoms with Crippen molar-refractivity contribution in [3.63, 3.8) is 0 Å². The lowest BCUT2D eigenvalue weighted by molar-refractivity contribution is 0.589. The van der Waals surface area contributed by atoms with Crippen LogP contribution in [0.1, 0.15) is 56.1 Å². The summed E-state index contributed by atoms with van der Waals surface area (Å²) in [6.07, 6.45) is 6.97. The topological polar surface area (TPSA) is 17.8 Å². The van der Waals surface area contributed by atoms with Crippen molar-refractivity contribution < 1.29 is 0 Å². The first-order valence-electron chi connectivity index (χ1n) is 7.66.